The Balaban J connectivity index is 0.000000924. The van der Waals surface area contributed by atoms with E-state index in [1.165, 1.54) is 0 Å². The van der Waals surface area contributed by atoms with Gasteiger partial charge in [-0.05, 0) is 45.3 Å². The predicted molar refractivity (Wildman–Crippen MR) is 96.7 cm³/mol. The third-order valence-corrected chi connectivity index (χ3v) is 4.38. The molecule has 0 aliphatic carbocycles. The van der Waals surface area contributed by atoms with Gasteiger partial charge >= 0.3 is 7.12 Å². The Bertz CT molecular complexity index is 625. The molecule has 1 aliphatic rings. The summed E-state index contributed by atoms with van der Waals surface area (Å²) in [5.41, 5.74) is 2.38. The molecule has 0 unspecified atom stereocenters. The van der Waals surface area contributed by atoms with Gasteiger partial charge in [-0.25, -0.2) is 0 Å². The first-order chi connectivity index (χ1) is 10.9. The highest BCUT2D eigenvalue weighted by atomic mass is 16.7. The second kappa shape index (κ2) is 6.85. The van der Waals surface area contributed by atoms with Crippen LogP contribution in [0.15, 0.2) is 48.7 Å². The van der Waals surface area contributed by atoms with Crippen LogP contribution in [0.2, 0.25) is 0 Å². The van der Waals surface area contributed by atoms with Crippen LogP contribution in [0.3, 0.4) is 0 Å². The van der Waals surface area contributed by atoms with Crippen LogP contribution in [0.1, 0.15) is 41.5 Å². The summed E-state index contributed by atoms with van der Waals surface area (Å²) >= 11 is 0. The van der Waals surface area contributed by atoms with Crippen molar-refractivity contribution in [1.82, 2.24) is 4.98 Å². The molecule has 2 aromatic rings. The van der Waals surface area contributed by atoms with Crippen molar-refractivity contribution in [2.75, 3.05) is 0 Å². The molecule has 23 heavy (non-hydrogen) atoms. The van der Waals surface area contributed by atoms with E-state index >= 15 is 0 Å². The number of pyridine rings is 1. The average Bonchev–Trinajstić information content (AvgIpc) is 2.78. The summed E-state index contributed by atoms with van der Waals surface area (Å²) < 4.78 is 12.2. The van der Waals surface area contributed by atoms with Gasteiger partial charge in [0, 0.05) is 11.8 Å². The first-order valence-corrected chi connectivity index (χ1v) is 8.26. The quantitative estimate of drug-likeness (QED) is 0.783. The third-order valence-electron chi connectivity index (χ3n) is 4.38. The van der Waals surface area contributed by atoms with Crippen molar-refractivity contribution < 1.29 is 9.31 Å². The van der Waals surface area contributed by atoms with E-state index in [0.717, 1.165) is 16.7 Å². The zero-order valence-electron chi connectivity index (χ0n) is 15.0. The Labute approximate surface area is 140 Å². The Morgan fingerprint density at radius 1 is 0.870 bits per heavy atom. The molecular formula is C19H26BNO2. The summed E-state index contributed by atoms with van der Waals surface area (Å²) in [4.78, 5) is 4.44. The van der Waals surface area contributed by atoms with E-state index in [1.54, 1.807) is 0 Å². The van der Waals surface area contributed by atoms with Gasteiger partial charge in [-0.15, -0.1) is 0 Å². The lowest BCUT2D eigenvalue weighted by Gasteiger charge is -2.32. The Morgan fingerprint density at radius 2 is 1.43 bits per heavy atom. The highest BCUT2D eigenvalue weighted by Crippen LogP contribution is 2.36. The maximum absolute atomic E-state index is 6.09. The molecule has 122 valence electrons. The van der Waals surface area contributed by atoms with Gasteiger partial charge in [0.25, 0.3) is 0 Å². The van der Waals surface area contributed by atoms with Gasteiger partial charge in [0.05, 0.1) is 16.9 Å². The first kappa shape index (κ1) is 17.7. The van der Waals surface area contributed by atoms with E-state index < -0.39 is 0 Å². The Kier molecular flexibility index (Phi) is 5.28. The van der Waals surface area contributed by atoms with E-state index in [0.29, 0.717) is 0 Å². The monoisotopic (exact) mass is 311 g/mol. The number of hydrogen-bond acceptors (Lipinski definition) is 3. The molecular weight excluding hydrogens is 285 g/mol. The molecule has 1 aliphatic heterocycles. The van der Waals surface area contributed by atoms with Gasteiger partial charge in [-0.3, -0.25) is 4.98 Å². The molecule has 3 rings (SSSR count). The maximum atomic E-state index is 6.09. The number of nitrogens with zero attached hydrogens (tertiary/aromatic N) is 1. The molecule has 0 radical (unpaired) electrons. The summed E-state index contributed by atoms with van der Waals surface area (Å²) in [6.45, 7) is 12.2. The Hall–Kier alpha value is -1.65. The molecule has 2 heterocycles. The van der Waals surface area contributed by atoms with Crippen molar-refractivity contribution in [3.8, 4) is 11.3 Å². The minimum atomic E-state index is -0.347. The Morgan fingerprint density at radius 3 is 2.00 bits per heavy atom. The van der Waals surface area contributed by atoms with Crippen molar-refractivity contribution in [3.05, 3.63) is 48.7 Å². The highest BCUT2D eigenvalue weighted by molar-refractivity contribution is 6.62. The lowest BCUT2D eigenvalue weighted by Crippen LogP contribution is -2.41. The van der Waals surface area contributed by atoms with E-state index in [4.69, 9.17) is 9.31 Å². The average molecular weight is 311 g/mol. The number of rotatable bonds is 2. The zero-order valence-corrected chi connectivity index (χ0v) is 15.0. The van der Waals surface area contributed by atoms with E-state index in [1.807, 2.05) is 50.4 Å². The van der Waals surface area contributed by atoms with Gasteiger partial charge in [0.1, 0.15) is 0 Å². The normalized spacial score (nSPS) is 18.3. The fourth-order valence-electron chi connectivity index (χ4n) is 2.34. The molecule has 1 fully saturated rings. The smallest absolute Gasteiger partial charge is 0.399 e. The summed E-state index contributed by atoms with van der Waals surface area (Å²) in [6, 6.07) is 14.1. The van der Waals surface area contributed by atoms with Crippen molar-refractivity contribution in [1.29, 1.82) is 0 Å². The number of hydrogen-bond donors (Lipinski definition) is 0. The molecule has 0 N–H and O–H groups in total. The summed E-state index contributed by atoms with van der Waals surface area (Å²) in [6.07, 6.45) is 1.81. The molecule has 0 bridgehead atoms. The maximum Gasteiger partial charge on any atom is 0.494 e. The molecule has 0 spiro atoms. The van der Waals surface area contributed by atoms with Gasteiger partial charge in [-0.1, -0.05) is 44.2 Å². The van der Waals surface area contributed by atoms with Crippen LogP contribution < -0.4 is 5.46 Å². The lowest BCUT2D eigenvalue weighted by molar-refractivity contribution is 0.00578. The van der Waals surface area contributed by atoms with Crippen LogP contribution in [0.4, 0.5) is 0 Å². The van der Waals surface area contributed by atoms with Gasteiger partial charge in [-0.2, -0.15) is 0 Å². The second-order valence-electron chi connectivity index (χ2n) is 6.43. The molecule has 3 nitrogen and oxygen atoms in total. The first-order valence-electron chi connectivity index (χ1n) is 8.26. The molecule has 0 atom stereocenters. The molecule has 0 amide bonds. The number of aromatic nitrogens is 1. The third kappa shape index (κ3) is 3.65. The largest absolute Gasteiger partial charge is 0.494 e. The predicted octanol–water partition coefficient (Wildman–Crippen LogP) is 4.07. The van der Waals surface area contributed by atoms with Crippen LogP contribution in [-0.4, -0.2) is 23.3 Å². The lowest BCUT2D eigenvalue weighted by atomic mass is 9.79. The summed E-state index contributed by atoms with van der Waals surface area (Å²) in [7, 11) is -0.347. The van der Waals surface area contributed by atoms with Crippen LogP contribution in [-0.2, 0) is 9.31 Å². The summed E-state index contributed by atoms with van der Waals surface area (Å²) in [5.74, 6) is 0. The van der Waals surface area contributed by atoms with Crippen LogP contribution in [0.25, 0.3) is 11.3 Å². The van der Waals surface area contributed by atoms with Crippen molar-refractivity contribution >= 4 is 12.6 Å². The second-order valence-corrected chi connectivity index (χ2v) is 6.43. The van der Waals surface area contributed by atoms with E-state index in [-0.39, 0.29) is 18.3 Å². The topological polar surface area (TPSA) is 31.4 Å². The van der Waals surface area contributed by atoms with Gasteiger partial charge < -0.3 is 9.31 Å². The standard InChI is InChI=1S/C17H20BNO2.C2H6/c1-16(2)17(3,4)21-18(20-16)14-10-11-19-15(12-14)13-8-6-5-7-9-13;1-2/h5-12H,1-4H3;1-2H3. The molecule has 0 saturated carbocycles. The zero-order chi connectivity index (χ0) is 17.1. The van der Waals surface area contributed by atoms with Crippen LogP contribution in [0.5, 0.6) is 0 Å². The van der Waals surface area contributed by atoms with E-state index in [2.05, 4.69) is 44.8 Å². The van der Waals surface area contributed by atoms with Gasteiger partial charge in [0.2, 0.25) is 0 Å². The van der Waals surface area contributed by atoms with Crippen LogP contribution in [0, 0.1) is 0 Å². The van der Waals surface area contributed by atoms with Crippen molar-refractivity contribution in [2.45, 2.75) is 52.7 Å². The fraction of sp³-hybridized carbons (Fsp3) is 0.421. The van der Waals surface area contributed by atoms with Crippen LogP contribution >= 0.6 is 0 Å². The highest BCUT2D eigenvalue weighted by Gasteiger charge is 2.51. The van der Waals surface area contributed by atoms with Crippen molar-refractivity contribution in [3.63, 3.8) is 0 Å². The minimum absolute atomic E-state index is 0.326. The van der Waals surface area contributed by atoms with Gasteiger partial charge in [0.15, 0.2) is 0 Å². The van der Waals surface area contributed by atoms with Crippen molar-refractivity contribution in [2.24, 2.45) is 0 Å². The summed E-state index contributed by atoms with van der Waals surface area (Å²) in [5, 5.41) is 0. The fourth-order valence-corrected chi connectivity index (χ4v) is 2.34. The van der Waals surface area contributed by atoms with E-state index in [9.17, 15) is 0 Å². The molecule has 4 heteroatoms. The minimum Gasteiger partial charge on any atom is -0.399 e. The molecule has 1 saturated heterocycles. The number of benzene rings is 1. The SMILES string of the molecule is CC.CC1(C)OB(c2ccnc(-c3ccccc3)c2)OC1(C)C. The molecule has 1 aromatic carbocycles. The molecule has 1 aromatic heterocycles.